The molecule has 170 valence electrons. The lowest BCUT2D eigenvalue weighted by Crippen LogP contribution is -2.41. The predicted octanol–water partition coefficient (Wildman–Crippen LogP) is 2.65. The molecule has 0 aromatic rings. The highest BCUT2D eigenvalue weighted by atomic mass is 19.4. The molecule has 2 saturated heterocycles. The van der Waals surface area contributed by atoms with Crippen molar-refractivity contribution < 1.29 is 22.6 Å². The zero-order chi connectivity index (χ0) is 21.0. The molecule has 0 amide bonds. The van der Waals surface area contributed by atoms with Gasteiger partial charge in [-0.3, -0.25) is 9.89 Å². The minimum absolute atomic E-state index is 0.476. The summed E-state index contributed by atoms with van der Waals surface area (Å²) in [6.07, 6.45) is 1.62. The second kappa shape index (κ2) is 13.3. The van der Waals surface area contributed by atoms with Gasteiger partial charge in [-0.1, -0.05) is 0 Å². The van der Waals surface area contributed by atoms with Crippen molar-refractivity contribution in [2.24, 2.45) is 16.8 Å². The van der Waals surface area contributed by atoms with Gasteiger partial charge in [-0.25, -0.2) is 0 Å². The minimum atomic E-state index is -4.09. The molecule has 2 fully saturated rings. The number of hydrogen-bond acceptors (Lipinski definition) is 4. The van der Waals surface area contributed by atoms with Gasteiger partial charge in [-0.05, 0) is 63.5 Å². The van der Waals surface area contributed by atoms with E-state index in [9.17, 15) is 13.2 Å². The number of nitrogens with zero attached hydrogens (tertiary/aromatic N) is 2. The largest absolute Gasteiger partial charge is 0.401 e. The molecule has 0 spiro atoms. The van der Waals surface area contributed by atoms with Crippen molar-refractivity contribution in [3.63, 3.8) is 0 Å². The lowest BCUT2D eigenvalue weighted by Gasteiger charge is -2.32. The van der Waals surface area contributed by atoms with Gasteiger partial charge in [-0.15, -0.1) is 0 Å². The van der Waals surface area contributed by atoms with E-state index in [1.165, 1.54) is 4.90 Å². The summed E-state index contributed by atoms with van der Waals surface area (Å²) in [6.45, 7) is 5.11. The smallest absolute Gasteiger partial charge is 0.381 e. The molecule has 0 aliphatic carbocycles. The van der Waals surface area contributed by atoms with Crippen molar-refractivity contribution in [1.29, 1.82) is 0 Å². The van der Waals surface area contributed by atoms with Crippen LogP contribution in [0.1, 0.15) is 38.5 Å². The number of guanidine groups is 1. The highest BCUT2D eigenvalue weighted by Gasteiger charge is 2.32. The number of piperidine rings is 1. The Kier molecular flexibility index (Phi) is 11.1. The quantitative estimate of drug-likeness (QED) is 0.322. The summed E-state index contributed by atoms with van der Waals surface area (Å²) < 4.78 is 48.4. The van der Waals surface area contributed by atoms with Crippen LogP contribution in [-0.2, 0) is 9.47 Å². The first-order chi connectivity index (χ1) is 14.0. The zero-order valence-corrected chi connectivity index (χ0v) is 17.6. The van der Waals surface area contributed by atoms with E-state index in [4.69, 9.17) is 9.47 Å². The third kappa shape index (κ3) is 11.1. The number of halogens is 3. The molecule has 0 unspecified atom stereocenters. The molecule has 0 radical (unpaired) electrons. The predicted molar refractivity (Wildman–Crippen MR) is 108 cm³/mol. The molecule has 2 heterocycles. The molecular formula is C20H37F3N4O2. The summed E-state index contributed by atoms with van der Waals surface area (Å²) in [7, 11) is 1.74. The topological polar surface area (TPSA) is 58.1 Å². The third-order valence-corrected chi connectivity index (χ3v) is 5.63. The van der Waals surface area contributed by atoms with E-state index in [0.29, 0.717) is 24.9 Å². The van der Waals surface area contributed by atoms with Crippen LogP contribution in [0.2, 0.25) is 0 Å². The van der Waals surface area contributed by atoms with Crippen LogP contribution in [0.15, 0.2) is 4.99 Å². The van der Waals surface area contributed by atoms with Crippen molar-refractivity contribution in [3.05, 3.63) is 0 Å². The number of alkyl halides is 3. The molecule has 2 aliphatic heterocycles. The highest BCUT2D eigenvalue weighted by Crippen LogP contribution is 2.23. The second-order valence-corrected chi connectivity index (χ2v) is 8.03. The fourth-order valence-corrected chi connectivity index (χ4v) is 3.85. The Labute approximate surface area is 172 Å². The first-order valence-electron chi connectivity index (χ1n) is 10.9. The summed E-state index contributed by atoms with van der Waals surface area (Å²) in [5.41, 5.74) is 0. The van der Waals surface area contributed by atoms with Gasteiger partial charge in [-0.2, -0.15) is 13.2 Å². The van der Waals surface area contributed by atoms with E-state index in [0.717, 1.165) is 84.0 Å². The van der Waals surface area contributed by atoms with Crippen molar-refractivity contribution in [3.8, 4) is 0 Å². The average Bonchev–Trinajstić information content (AvgIpc) is 2.70. The van der Waals surface area contributed by atoms with E-state index in [2.05, 4.69) is 15.6 Å². The fourth-order valence-electron chi connectivity index (χ4n) is 3.85. The Bertz CT molecular complexity index is 463. The Morgan fingerprint density at radius 2 is 1.76 bits per heavy atom. The zero-order valence-electron chi connectivity index (χ0n) is 17.6. The molecule has 0 bridgehead atoms. The van der Waals surface area contributed by atoms with Crippen LogP contribution in [0, 0.1) is 11.8 Å². The van der Waals surface area contributed by atoms with Gasteiger partial charge >= 0.3 is 6.18 Å². The molecule has 2 rings (SSSR count). The van der Waals surface area contributed by atoms with Gasteiger partial charge in [0.25, 0.3) is 0 Å². The van der Waals surface area contributed by atoms with Crippen LogP contribution in [0.3, 0.4) is 0 Å². The molecule has 2 aliphatic rings. The molecular weight excluding hydrogens is 385 g/mol. The maximum atomic E-state index is 12.4. The Morgan fingerprint density at radius 1 is 1.07 bits per heavy atom. The molecule has 0 atom stereocenters. The summed E-state index contributed by atoms with van der Waals surface area (Å²) in [4.78, 5) is 5.73. The van der Waals surface area contributed by atoms with E-state index >= 15 is 0 Å². The Balaban J connectivity index is 1.46. The number of likely N-dealkylation sites (tertiary alicyclic amines) is 1. The number of nitrogens with one attached hydrogen (secondary N) is 2. The molecule has 0 aromatic heterocycles. The van der Waals surface area contributed by atoms with E-state index < -0.39 is 12.7 Å². The van der Waals surface area contributed by atoms with Crippen molar-refractivity contribution in [2.75, 3.05) is 66.2 Å². The first-order valence-corrected chi connectivity index (χ1v) is 10.9. The molecule has 6 nitrogen and oxygen atoms in total. The first kappa shape index (κ1) is 24.2. The minimum Gasteiger partial charge on any atom is -0.381 e. The normalized spacial score (nSPS) is 20.8. The molecule has 9 heteroatoms. The summed E-state index contributed by atoms with van der Waals surface area (Å²) in [6, 6.07) is 0. The van der Waals surface area contributed by atoms with Crippen molar-refractivity contribution in [1.82, 2.24) is 15.5 Å². The van der Waals surface area contributed by atoms with Gasteiger partial charge in [0.05, 0.1) is 6.54 Å². The van der Waals surface area contributed by atoms with Crippen LogP contribution < -0.4 is 10.6 Å². The number of hydrogen-bond donors (Lipinski definition) is 2. The third-order valence-electron chi connectivity index (χ3n) is 5.63. The second-order valence-electron chi connectivity index (χ2n) is 8.03. The number of aliphatic imine (C=N–C) groups is 1. The number of ether oxygens (including phenoxy) is 2. The maximum absolute atomic E-state index is 12.4. The SMILES string of the molecule is CN=C(NCCCOCC1CCOCC1)NCCC1CCN(CC(F)(F)F)CC1. The van der Waals surface area contributed by atoms with Crippen LogP contribution in [0.4, 0.5) is 13.2 Å². The molecule has 0 saturated carbocycles. The lowest BCUT2D eigenvalue weighted by molar-refractivity contribution is -0.148. The molecule has 29 heavy (non-hydrogen) atoms. The molecule has 2 N–H and O–H groups in total. The van der Waals surface area contributed by atoms with Gasteiger partial charge in [0.1, 0.15) is 0 Å². The Hall–Kier alpha value is -1.06. The van der Waals surface area contributed by atoms with Crippen LogP contribution in [0.5, 0.6) is 0 Å². The van der Waals surface area contributed by atoms with Crippen LogP contribution in [-0.4, -0.2) is 83.2 Å². The van der Waals surface area contributed by atoms with E-state index in [1.807, 2.05) is 0 Å². The summed E-state index contributed by atoms with van der Waals surface area (Å²) >= 11 is 0. The summed E-state index contributed by atoms with van der Waals surface area (Å²) in [5, 5.41) is 6.58. The van der Waals surface area contributed by atoms with Crippen LogP contribution in [0.25, 0.3) is 0 Å². The van der Waals surface area contributed by atoms with E-state index in [1.54, 1.807) is 7.05 Å². The highest BCUT2D eigenvalue weighted by molar-refractivity contribution is 5.79. The van der Waals surface area contributed by atoms with Gasteiger partial charge in [0.2, 0.25) is 0 Å². The van der Waals surface area contributed by atoms with Gasteiger partial charge in [0, 0.05) is 46.6 Å². The molecule has 0 aromatic carbocycles. The van der Waals surface area contributed by atoms with Gasteiger partial charge < -0.3 is 20.1 Å². The lowest BCUT2D eigenvalue weighted by atomic mass is 9.93. The van der Waals surface area contributed by atoms with Crippen molar-refractivity contribution in [2.45, 2.75) is 44.7 Å². The number of rotatable bonds is 10. The fraction of sp³-hybridized carbons (Fsp3) is 0.950. The van der Waals surface area contributed by atoms with E-state index in [-0.39, 0.29) is 0 Å². The van der Waals surface area contributed by atoms with Gasteiger partial charge in [0.15, 0.2) is 5.96 Å². The van der Waals surface area contributed by atoms with Crippen molar-refractivity contribution >= 4 is 5.96 Å². The Morgan fingerprint density at radius 3 is 2.41 bits per heavy atom. The standard InChI is InChI=1S/C20H37F3N4O2/c1-24-19(25-8-2-12-29-15-18-6-13-28-14-7-18)26-9-3-17-4-10-27(11-5-17)16-20(21,22)23/h17-18H,2-16H2,1H3,(H2,24,25,26). The maximum Gasteiger partial charge on any atom is 0.401 e. The van der Waals surface area contributed by atoms with Crippen LogP contribution >= 0.6 is 0 Å². The summed E-state index contributed by atoms with van der Waals surface area (Å²) in [5.74, 6) is 1.87. The monoisotopic (exact) mass is 422 g/mol. The average molecular weight is 423 g/mol.